The molecule has 2 atom stereocenters. The van der Waals surface area contributed by atoms with Crippen molar-refractivity contribution in [2.24, 2.45) is 0 Å². The Labute approximate surface area is 145 Å². The monoisotopic (exact) mass is 342 g/mol. The van der Waals surface area contributed by atoms with Gasteiger partial charge in [-0.05, 0) is 30.2 Å². The number of benzene rings is 2. The molecule has 2 fully saturated rings. The van der Waals surface area contributed by atoms with Gasteiger partial charge in [0.25, 0.3) is 0 Å². The van der Waals surface area contributed by atoms with E-state index < -0.39 is 6.09 Å². The van der Waals surface area contributed by atoms with Gasteiger partial charge in [-0.3, -0.25) is 5.32 Å². The molecule has 2 aromatic rings. The normalized spacial score (nSPS) is 21.4. The first-order valence-corrected chi connectivity index (χ1v) is 8.34. The van der Waals surface area contributed by atoms with Gasteiger partial charge in [0, 0.05) is 12.2 Å². The number of anilines is 2. The Balaban J connectivity index is 1.36. The molecular weight excluding hydrogens is 323 g/mol. The molecule has 130 valence electrons. The molecule has 0 unspecified atom stereocenters. The topological polar surface area (TPSA) is 50.8 Å². The van der Waals surface area contributed by atoms with Crippen LogP contribution in [-0.2, 0) is 16.1 Å². The van der Waals surface area contributed by atoms with Crippen molar-refractivity contribution in [2.45, 2.75) is 25.2 Å². The van der Waals surface area contributed by atoms with Crippen LogP contribution < -0.4 is 10.2 Å². The van der Waals surface area contributed by atoms with Crippen LogP contribution in [0.25, 0.3) is 0 Å². The fourth-order valence-corrected chi connectivity index (χ4v) is 3.39. The lowest BCUT2D eigenvalue weighted by atomic mass is 10.2. The van der Waals surface area contributed by atoms with Crippen LogP contribution >= 0.6 is 0 Å². The number of carbonyl (C=O) groups excluding carboxylic acids is 1. The SMILES string of the molecule is O=C(Nc1ccc(N2C[C@@H]3C[C@H]2CO3)c(F)c1)OCc1ccccc1. The first-order valence-electron chi connectivity index (χ1n) is 8.34. The zero-order chi connectivity index (χ0) is 17.2. The van der Waals surface area contributed by atoms with Gasteiger partial charge in [0.05, 0.1) is 24.4 Å². The number of nitrogens with zero attached hydrogens (tertiary/aromatic N) is 1. The van der Waals surface area contributed by atoms with Crippen LogP contribution in [0.3, 0.4) is 0 Å². The number of carbonyl (C=O) groups is 1. The van der Waals surface area contributed by atoms with Crippen molar-refractivity contribution in [3.8, 4) is 0 Å². The van der Waals surface area contributed by atoms with Gasteiger partial charge in [-0.1, -0.05) is 30.3 Å². The Morgan fingerprint density at radius 1 is 1.28 bits per heavy atom. The Morgan fingerprint density at radius 3 is 2.80 bits per heavy atom. The molecule has 0 aromatic heterocycles. The standard InChI is InChI=1S/C19H19FN2O3/c20-17-8-14(21-19(23)25-11-13-4-2-1-3-5-13)6-7-18(17)22-10-16-9-15(22)12-24-16/h1-8,15-16H,9-12H2,(H,21,23)/t15-,16-/m0/s1. The van der Waals surface area contributed by atoms with E-state index in [1.807, 2.05) is 35.2 Å². The van der Waals surface area contributed by atoms with Gasteiger partial charge in [0.1, 0.15) is 12.4 Å². The van der Waals surface area contributed by atoms with Gasteiger partial charge < -0.3 is 14.4 Å². The molecule has 2 heterocycles. The third-order valence-corrected chi connectivity index (χ3v) is 4.62. The highest BCUT2D eigenvalue weighted by atomic mass is 19.1. The molecule has 4 rings (SSSR count). The lowest BCUT2D eigenvalue weighted by Crippen LogP contribution is -2.37. The predicted octanol–water partition coefficient (Wildman–Crippen LogP) is 3.55. The molecule has 6 heteroatoms. The number of nitrogens with one attached hydrogen (secondary N) is 1. The summed E-state index contributed by atoms with van der Waals surface area (Å²) < 4.78 is 25.1. The Kier molecular flexibility index (Phi) is 4.28. The fraction of sp³-hybridized carbons (Fsp3) is 0.316. The molecule has 1 amide bonds. The molecule has 0 aliphatic carbocycles. The number of morpholine rings is 1. The molecule has 2 aliphatic heterocycles. The van der Waals surface area contributed by atoms with E-state index in [4.69, 9.17) is 9.47 Å². The highest BCUT2D eigenvalue weighted by Crippen LogP contribution is 2.34. The third kappa shape index (κ3) is 3.44. The quantitative estimate of drug-likeness (QED) is 0.923. The van der Waals surface area contributed by atoms with E-state index in [2.05, 4.69) is 5.32 Å². The highest BCUT2D eigenvalue weighted by molar-refractivity contribution is 5.85. The molecule has 2 bridgehead atoms. The molecule has 0 saturated carbocycles. The van der Waals surface area contributed by atoms with Crippen molar-refractivity contribution in [3.63, 3.8) is 0 Å². The Morgan fingerprint density at radius 2 is 2.12 bits per heavy atom. The summed E-state index contributed by atoms with van der Waals surface area (Å²) in [6.07, 6.45) is 0.547. The van der Waals surface area contributed by atoms with Gasteiger partial charge in [0.15, 0.2) is 0 Å². The zero-order valence-electron chi connectivity index (χ0n) is 13.7. The Bertz CT molecular complexity index is 769. The number of rotatable bonds is 4. The molecule has 1 N–H and O–H groups in total. The van der Waals surface area contributed by atoms with Crippen LogP contribution in [0.4, 0.5) is 20.6 Å². The molecule has 2 aromatic carbocycles. The van der Waals surface area contributed by atoms with E-state index in [1.54, 1.807) is 12.1 Å². The van der Waals surface area contributed by atoms with E-state index in [1.165, 1.54) is 6.07 Å². The number of ether oxygens (including phenoxy) is 2. The molecular formula is C19H19FN2O3. The van der Waals surface area contributed by atoms with Gasteiger partial charge in [-0.2, -0.15) is 0 Å². The summed E-state index contributed by atoms with van der Waals surface area (Å²) in [6.45, 7) is 1.54. The van der Waals surface area contributed by atoms with Crippen molar-refractivity contribution in [1.82, 2.24) is 0 Å². The van der Waals surface area contributed by atoms with Gasteiger partial charge in [-0.25, -0.2) is 9.18 Å². The second-order valence-corrected chi connectivity index (χ2v) is 6.35. The zero-order valence-corrected chi connectivity index (χ0v) is 13.7. The minimum Gasteiger partial charge on any atom is -0.444 e. The van der Waals surface area contributed by atoms with Gasteiger partial charge in [-0.15, -0.1) is 0 Å². The first-order chi connectivity index (χ1) is 12.2. The van der Waals surface area contributed by atoms with Crippen LogP contribution in [0.15, 0.2) is 48.5 Å². The van der Waals surface area contributed by atoms with E-state index in [-0.39, 0.29) is 24.6 Å². The maximum Gasteiger partial charge on any atom is 0.411 e. The highest BCUT2D eigenvalue weighted by Gasteiger charge is 2.39. The molecule has 0 spiro atoms. The second-order valence-electron chi connectivity index (χ2n) is 6.35. The van der Waals surface area contributed by atoms with Crippen LogP contribution in [0.1, 0.15) is 12.0 Å². The molecule has 2 aliphatic rings. The van der Waals surface area contributed by atoms with E-state index in [9.17, 15) is 9.18 Å². The fourth-order valence-electron chi connectivity index (χ4n) is 3.39. The van der Waals surface area contributed by atoms with Gasteiger partial charge >= 0.3 is 6.09 Å². The lowest BCUT2D eigenvalue weighted by molar-refractivity contribution is 0.0989. The maximum atomic E-state index is 14.5. The molecule has 2 saturated heterocycles. The predicted molar refractivity (Wildman–Crippen MR) is 92.1 cm³/mol. The minimum absolute atomic E-state index is 0.171. The van der Waals surface area contributed by atoms with Crippen molar-refractivity contribution in [1.29, 1.82) is 0 Å². The summed E-state index contributed by atoms with van der Waals surface area (Å²) in [5, 5.41) is 2.56. The second kappa shape index (κ2) is 6.72. The average molecular weight is 342 g/mol. The average Bonchev–Trinajstić information content (AvgIpc) is 3.24. The summed E-state index contributed by atoms with van der Waals surface area (Å²) in [6, 6.07) is 14.3. The van der Waals surface area contributed by atoms with Crippen LogP contribution in [0, 0.1) is 5.82 Å². The van der Waals surface area contributed by atoms with Crippen molar-refractivity contribution < 1.29 is 18.7 Å². The summed E-state index contributed by atoms with van der Waals surface area (Å²) in [5.74, 6) is -0.353. The minimum atomic E-state index is -0.607. The van der Waals surface area contributed by atoms with Gasteiger partial charge in [0.2, 0.25) is 0 Å². The molecule has 25 heavy (non-hydrogen) atoms. The van der Waals surface area contributed by atoms with Crippen molar-refractivity contribution >= 4 is 17.5 Å². The van der Waals surface area contributed by atoms with E-state index >= 15 is 0 Å². The van der Waals surface area contributed by atoms with E-state index in [0.717, 1.165) is 12.0 Å². The maximum absolute atomic E-state index is 14.5. The number of amides is 1. The van der Waals surface area contributed by atoms with Crippen LogP contribution in [0.2, 0.25) is 0 Å². The largest absolute Gasteiger partial charge is 0.444 e. The summed E-state index contributed by atoms with van der Waals surface area (Å²) in [5.41, 5.74) is 1.82. The number of fused-ring (bicyclic) bond motifs is 2. The summed E-state index contributed by atoms with van der Waals surface area (Å²) >= 11 is 0. The number of halogens is 1. The summed E-state index contributed by atoms with van der Waals surface area (Å²) in [4.78, 5) is 13.9. The first kappa shape index (κ1) is 15.9. The number of hydrogen-bond donors (Lipinski definition) is 1. The van der Waals surface area contributed by atoms with Crippen LogP contribution in [0.5, 0.6) is 0 Å². The van der Waals surface area contributed by atoms with E-state index in [0.29, 0.717) is 24.5 Å². The molecule has 0 radical (unpaired) electrons. The third-order valence-electron chi connectivity index (χ3n) is 4.62. The van der Waals surface area contributed by atoms with Crippen molar-refractivity contribution in [2.75, 3.05) is 23.4 Å². The molecule has 5 nitrogen and oxygen atoms in total. The van der Waals surface area contributed by atoms with Crippen molar-refractivity contribution in [3.05, 3.63) is 59.9 Å². The number of hydrogen-bond acceptors (Lipinski definition) is 4. The lowest BCUT2D eigenvalue weighted by Gasteiger charge is -2.29. The Hall–Kier alpha value is -2.60. The smallest absolute Gasteiger partial charge is 0.411 e. The van der Waals surface area contributed by atoms with Crippen LogP contribution in [-0.4, -0.2) is 31.4 Å². The summed E-state index contributed by atoms with van der Waals surface area (Å²) in [7, 11) is 0.